The average Bonchev–Trinajstić information content (AvgIpc) is 2.78. The minimum Gasteiger partial charge on any atom is -0.443 e. The van der Waals surface area contributed by atoms with Crippen LogP contribution in [0.15, 0.2) is 15.9 Å². The Hall–Kier alpha value is -2.38. The zero-order chi connectivity index (χ0) is 15.0. The third-order valence-electron chi connectivity index (χ3n) is 3.01. The molecule has 0 saturated carbocycles. The standard InChI is InChI=1S/C12H16N4O4/c1-7(2)11(18)20-6-16-10(17)8-9(13-5-14(8)3)15(4)12(16)19/h5,7H,6H2,1-4H3. The number of nitrogens with zero attached hydrogens (tertiary/aromatic N) is 4. The number of ether oxygens (including phenoxy) is 1. The molecule has 0 aliphatic heterocycles. The van der Waals surface area contributed by atoms with E-state index in [1.165, 1.54) is 22.5 Å². The molecule has 0 radical (unpaired) electrons. The van der Waals surface area contributed by atoms with Gasteiger partial charge in [0.2, 0.25) is 0 Å². The van der Waals surface area contributed by atoms with Gasteiger partial charge in [0.25, 0.3) is 5.56 Å². The molecule has 0 aromatic carbocycles. The fourth-order valence-corrected chi connectivity index (χ4v) is 1.80. The first-order valence-electron chi connectivity index (χ1n) is 6.12. The summed E-state index contributed by atoms with van der Waals surface area (Å²) in [5.41, 5.74) is -0.515. The van der Waals surface area contributed by atoms with Gasteiger partial charge < -0.3 is 9.30 Å². The minimum atomic E-state index is -0.572. The predicted octanol–water partition coefficient (Wildman–Crippen LogP) is -0.410. The van der Waals surface area contributed by atoms with Crippen molar-refractivity contribution in [3.05, 3.63) is 27.2 Å². The van der Waals surface area contributed by atoms with Gasteiger partial charge in [0.15, 0.2) is 17.9 Å². The summed E-state index contributed by atoms with van der Waals surface area (Å²) in [6.07, 6.45) is 1.45. The topological polar surface area (TPSA) is 88.1 Å². The van der Waals surface area contributed by atoms with Crippen molar-refractivity contribution in [1.29, 1.82) is 0 Å². The molecule has 0 spiro atoms. The zero-order valence-corrected chi connectivity index (χ0v) is 11.8. The zero-order valence-electron chi connectivity index (χ0n) is 11.8. The Bertz CT molecular complexity index is 781. The van der Waals surface area contributed by atoms with E-state index >= 15 is 0 Å². The Morgan fingerprint density at radius 2 is 2.00 bits per heavy atom. The molecule has 0 fully saturated rings. The number of imidazole rings is 1. The van der Waals surface area contributed by atoms with E-state index in [1.807, 2.05) is 0 Å². The highest BCUT2D eigenvalue weighted by molar-refractivity contribution is 5.71. The van der Waals surface area contributed by atoms with Gasteiger partial charge in [0.1, 0.15) is 0 Å². The van der Waals surface area contributed by atoms with Gasteiger partial charge in [0.05, 0.1) is 12.2 Å². The molecule has 0 aliphatic carbocycles. The predicted molar refractivity (Wildman–Crippen MR) is 71.1 cm³/mol. The van der Waals surface area contributed by atoms with Crippen LogP contribution in [0.2, 0.25) is 0 Å². The maximum absolute atomic E-state index is 12.3. The quantitative estimate of drug-likeness (QED) is 0.713. The van der Waals surface area contributed by atoms with Gasteiger partial charge in [0, 0.05) is 14.1 Å². The van der Waals surface area contributed by atoms with E-state index in [0.29, 0.717) is 5.65 Å². The van der Waals surface area contributed by atoms with Crippen molar-refractivity contribution in [2.24, 2.45) is 20.0 Å². The number of carbonyl (C=O) groups is 1. The van der Waals surface area contributed by atoms with Gasteiger partial charge >= 0.3 is 11.7 Å². The fourth-order valence-electron chi connectivity index (χ4n) is 1.80. The maximum atomic E-state index is 12.3. The van der Waals surface area contributed by atoms with Gasteiger partial charge in [-0.05, 0) is 0 Å². The molecule has 0 amide bonds. The van der Waals surface area contributed by atoms with Crippen molar-refractivity contribution in [2.45, 2.75) is 20.6 Å². The van der Waals surface area contributed by atoms with Crippen LogP contribution in [0, 0.1) is 5.92 Å². The Morgan fingerprint density at radius 3 is 2.60 bits per heavy atom. The smallest absolute Gasteiger partial charge is 0.335 e. The van der Waals surface area contributed by atoms with Gasteiger partial charge in [-0.3, -0.25) is 14.2 Å². The van der Waals surface area contributed by atoms with Crippen LogP contribution in [-0.4, -0.2) is 24.7 Å². The number of fused-ring (bicyclic) bond motifs is 1. The van der Waals surface area contributed by atoms with Gasteiger partial charge in [-0.15, -0.1) is 0 Å². The van der Waals surface area contributed by atoms with E-state index in [1.54, 1.807) is 20.9 Å². The van der Waals surface area contributed by atoms with Crippen molar-refractivity contribution >= 4 is 17.1 Å². The summed E-state index contributed by atoms with van der Waals surface area (Å²) >= 11 is 0. The third kappa shape index (κ3) is 2.13. The highest BCUT2D eigenvalue weighted by atomic mass is 16.5. The number of aryl methyl sites for hydroxylation is 2. The van der Waals surface area contributed by atoms with Crippen LogP contribution in [0.4, 0.5) is 0 Å². The molecule has 2 aromatic heterocycles. The number of aromatic nitrogens is 4. The first-order valence-corrected chi connectivity index (χ1v) is 6.12. The molecule has 20 heavy (non-hydrogen) atoms. The van der Waals surface area contributed by atoms with E-state index in [0.717, 1.165) is 4.57 Å². The fraction of sp³-hybridized carbons (Fsp3) is 0.500. The summed E-state index contributed by atoms with van der Waals surface area (Å²) in [6, 6.07) is 0. The molecular formula is C12H16N4O4. The maximum Gasteiger partial charge on any atom is 0.335 e. The Labute approximate surface area is 114 Å². The van der Waals surface area contributed by atoms with Crippen LogP contribution >= 0.6 is 0 Å². The average molecular weight is 280 g/mol. The summed E-state index contributed by atoms with van der Waals surface area (Å²) in [4.78, 5) is 39.8. The summed E-state index contributed by atoms with van der Waals surface area (Å²) < 4.78 is 8.61. The van der Waals surface area contributed by atoms with Crippen LogP contribution in [0.25, 0.3) is 11.2 Å². The van der Waals surface area contributed by atoms with Crippen molar-refractivity contribution in [3.8, 4) is 0 Å². The Morgan fingerprint density at radius 1 is 1.35 bits per heavy atom. The lowest BCUT2D eigenvalue weighted by Gasteiger charge is -2.10. The monoisotopic (exact) mass is 280 g/mol. The molecule has 0 atom stereocenters. The van der Waals surface area contributed by atoms with Crippen LogP contribution in [0.3, 0.4) is 0 Å². The summed E-state index contributed by atoms with van der Waals surface area (Å²) in [5.74, 6) is -0.793. The molecule has 0 saturated heterocycles. The lowest BCUT2D eigenvalue weighted by atomic mass is 10.2. The Kier molecular flexibility index (Phi) is 3.47. The SMILES string of the molecule is CC(C)C(=O)OCn1c(=O)c2c(ncn2C)n(C)c1=O. The van der Waals surface area contributed by atoms with Gasteiger partial charge in [-0.1, -0.05) is 13.8 Å². The van der Waals surface area contributed by atoms with Crippen LogP contribution in [0.5, 0.6) is 0 Å². The number of carbonyl (C=O) groups excluding carboxylic acids is 1. The molecule has 0 aliphatic rings. The van der Waals surface area contributed by atoms with Crippen molar-refractivity contribution in [2.75, 3.05) is 0 Å². The second kappa shape index (κ2) is 4.95. The van der Waals surface area contributed by atoms with Gasteiger partial charge in [-0.2, -0.15) is 0 Å². The number of hydrogen-bond acceptors (Lipinski definition) is 5. The number of hydrogen-bond donors (Lipinski definition) is 0. The highest BCUT2D eigenvalue weighted by Crippen LogP contribution is 2.03. The van der Waals surface area contributed by atoms with E-state index in [-0.39, 0.29) is 11.4 Å². The van der Waals surface area contributed by atoms with E-state index in [4.69, 9.17) is 4.74 Å². The molecule has 8 heteroatoms. The summed E-state index contributed by atoms with van der Waals surface area (Å²) in [6.45, 7) is 2.95. The third-order valence-corrected chi connectivity index (χ3v) is 3.01. The second-order valence-corrected chi connectivity index (χ2v) is 4.85. The van der Waals surface area contributed by atoms with Gasteiger partial charge in [-0.25, -0.2) is 14.3 Å². The Balaban J connectivity index is 2.54. The molecule has 0 unspecified atom stereocenters. The first kappa shape index (κ1) is 14.0. The number of esters is 1. The summed E-state index contributed by atoms with van der Waals surface area (Å²) in [7, 11) is 3.17. The minimum absolute atomic E-state index is 0.285. The van der Waals surface area contributed by atoms with E-state index < -0.39 is 23.9 Å². The molecule has 0 N–H and O–H groups in total. The molecule has 2 aromatic rings. The van der Waals surface area contributed by atoms with Crippen molar-refractivity contribution in [3.63, 3.8) is 0 Å². The molecule has 2 heterocycles. The lowest BCUT2D eigenvalue weighted by Crippen LogP contribution is -2.40. The number of rotatable bonds is 3. The highest BCUT2D eigenvalue weighted by Gasteiger charge is 2.16. The van der Waals surface area contributed by atoms with Crippen LogP contribution in [0.1, 0.15) is 13.8 Å². The molecule has 0 bridgehead atoms. The molecule has 8 nitrogen and oxygen atoms in total. The van der Waals surface area contributed by atoms with E-state index in [2.05, 4.69) is 4.98 Å². The van der Waals surface area contributed by atoms with E-state index in [9.17, 15) is 14.4 Å². The molecular weight excluding hydrogens is 264 g/mol. The first-order chi connectivity index (χ1) is 9.34. The van der Waals surface area contributed by atoms with Crippen LogP contribution in [-0.2, 0) is 30.4 Å². The second-order valence-electron chi connectivity index (χ2n) is 4.85. The van der Waals surface area contributed by atoms with Crippen molar-refractivity contribution < 1.29 is 9.53 Å². The molecule has 2 rings (SSSR count). The molecule has 108 valence electrons. The van der Waals surface area contributed by atoms with Crippen LogP contribution < -0.4 is 11.2 Å². The summed E-state index contributed by atoms with van der Waals surface area (Å²) in [5, 5.41) is 0. The normalized spacial score (nSPS) is 11.2. The lowest BCUT2D eigenvalue weighted by molar-refractivity contribution is -0.151. The van der Waals surface area contributed by atoms with Crippen molar-refractivity contribution in [1.82, 2.24) is 18.7 Å². The largest absolute Gasteiger partial charge is 0.443 e.